The third-order valence-corrected chi connectivity index (χ3v) is 5.09. The Balaban J connectivity index is 1.53. The number of nitrogens with zero attached hydrogens (tertiary/aromatic N) is 4. The van der Waals surface area contributed by atoms with Crippen LogP contribution in [0.5, 0.6) is 5.75 Å². The van der Waals surface area contributed by atoms with E-state index in [2.05, 4.69) is 15.0 Å². The second kappa shape index (κ2) is 9.76. The van der Waals surface area contributed by atoms with E-state index in [1.165, 1.54) is 11.3 Å². The molecule has 7 heteroatoms. The monoisotopic (exact) mass is 416 g/mol. The molecular weight excluding hydrogens is 396 g/mol. The van der Waals surface area contributed by atoms with E-state index in [1.807, 2.05) is 41.8 Å². The van der Waals surface area contributed by atoms with E-state index in [1.54, 1.807) is 47.3 Å². The number of carbonyl (C=O) groups is 1. The maximum Gasteiger partial charge on any atom is 0.254 e. The summed E-state index contributed by atoms with van der Waals surface area (Å²) in [4.78, 5) is 27.6. The van der Waals surface area contributed by atoms with Crippen molar-refractivity contribution < 1.29 is 9.53 Å². The van der Waals surface area contributed by atoms with Gasteiger partial charge in [0.1, 0.15) is 12.4 Å². The maximum atomic E-state index is 13.4. The molecule has 0 bridgehead atoms. The fourth-order valence-corrected chi connectivity index (χ4v) is 3.53. The van der Waals surface area contributed by atoms with Gasteiger partial charge in [0.25, 0.3) is 5.91 Å². The molecule has 1 aromatic carbocycles. The first-order chi connectivity index (χ1) is 14.8. The topological polar surface area (TPSA) is 68.2 Å². The van der Waals surface area contributed by atoms with E-state index in [-0.39, 0.29) is 5.91 Å². The summed E-state index contributed by atoms with van der Waals surface area (Å²) in [5.41, 5.74) is 5.19. The van der Waals surface area contributed by atoms with Crippen LogP contribution in [0.2, 0.25) is 0 Å². The van der Waals surface area contributed by atoms with Gasteiger partial charge in [-0.05, 0) is 47.5 Å². The molecule has 6 nitrogen and oxygen atoms in total. The average Bonchev–Trinajstić information content (AvgIpc) is 3.32. The number of amides is 1. The lowest BCUT2D eigenvalue weighted by Crippen LogP contribution is -2.30. The lowest BCUT2D eigenvalue weighted by molar-refractivity contribution is 0.0729. The van der Waals surface area contributed by atoms with Crippen LogP contribution >= 0.6 is 11.3 Å². The summed E-state index contributed by atoms with van der Waals surface area (Å²) in [6.07, 6.45) is 6.96. The van der Waals surface area contributed by atoms with E-state index in [0.717, 1.165) is 16.8 Å². The predicted molar refractivity (Wildman–Crippen MR) is 115 cm³/mol. The summed E-state index contributed by atoms with van der Waals surface area (Å²) in [6.45, 7) is 1.30. The molecule has 0 aliphatic heterocycles. The Kier molecular flexibility index (Phi) is 6.41. The van der Waals surface area contributed by atoms with Gasteiger partial charge < -0.3 is 9.64 Å². The minimum atomic E-state index is -0.0743. The van der Waals surface area contributed by atoms with Crippen molar-refractivity contribution in [3.05, 3.63) is 107 Å². The third-order valence-electron chi connectivity index (χ3n) is 4.46. The van der Waals surface area contributed by atoms with Crippen LogP contribution in [0.25, 0.3) is 0 Å². The highest BCUT2D eigenvalue weighted by Gasteiger charge is 2.18. The molecule has 4 aromatic rings. The van der Waals surface area contributed by atoms with Crippen LogP contribution in [0.4, 0.5) is 0 Å². The molecule has 4 rings (SSSR count). The van der Waals surface area contributed by atoms with Gasteiger partial charge in [-0.25, -0.2) is 4.98 Å². The van der Waals surface area contributed by atoms with Gasteiger partial charge in [-0.1, -0.05) is 12.1 Å². The lowest BCUT2D eigenvalue weighted by atomic mass is 10.1. The Morgan fingerprint density at radius 1 is 0.967 bits per heavy atom. The molecular formula is C23H20N4O2S. The van der Waals surface area contributed by atoms with Crippen molar-refractivity contribution in [3.63, 3.8) is 0 Å². The number of hydrogen-bond acceptors (Lipinski definition) is 6. The van der Waals surface area contributed by atoms with Crippen molar-refractivity contribution in [2.45, 2.75) is 19.7 Å². The van der Waals surface area contributed by atoms with Crippen molar-refractivity contribution in [3.8, 4) is 5.75 Å². The number of thiazole rings is 1. The fraction of sp³-hybridized carbons (Fsp3) is 0.130. The fourth-order valence-electron chi connectivity index (χ4n) is 2.99. The van der Waals surface area contributed by atoms with Crippen molar-refractivity contribution in [2.24, 2.45) is 0 Å². The molecule has 0 radical (unpaired) electrons. The van der Waals surface area contributed by atoms with E-state index >= 15 is 0 Å². The number of benzene rings is 1. The summed E-state index contributed by atoms with van der Waals surface area (Å²) >= 11 is 1.53. The molecule has 0 atom stereocenters. The largest absolute Gasteiger partial charge is 0.487 e. The first-order valence-corrected chi connectivity index (χ1v) is 10.4. The zero-order valence-corrected chi connectivity index (χ0v) is 17.0. The molecule has 0 aliphatic carbocycles. The molecule has 0 saturated carbocycles. The van der Waals surface area contributed by atoms with Gasteiger partial charge >= 0.3 is 0 Å². The van der Waals surface area contributed by atoms with Crippen molar-refractivity contribution in [2.75, 3.05) is 0 Å². The average molecular weight is 417 g/mol. The van der Waals surface area contributed by atoms with Gasteiger partial charge in [0.2, 0.25) is 0 Å². The number of pyridine rings is 2. The van der Waals surface area contributed by atoms with E-state index in [9.17, 15) is 4.79 Å². The van der Waals surface area contributed by atoms with Crippen molar-refractivity contribution >= 4 is 17.2 Å². The van der Waals surface area contributed by atoms with E-state index in [4.69, 9.17) is 4.74 Å². The molecule has 150 valence electrons. The van der Waals surface area contributed by atoms with Crippen LogP contribution in [0.3, 0.4) is 0 Å². The molecule has 0 aliphatic rings. The molecule has 0 saturated heterocycles. The minimum Gasteiger partial charge on any atom is -0.487 e. The van der Waals surface area contributed by atoms with Crippen molar-refractivity contribution in [1.82, 2.24) is 19.9 Å². The first kappa shape index (κ1) is 19.7. The number of carbonyl (C=O) groups excluding carboxylic acids is 1. The van der Waals surface area contributed by atoms with Crippen LogP contribution in [-0.4, -0.2) is 25.8 Å². The SMILES string of the molecule is O=C(c1cccc(OCc2cscn2)c1)N(Cc1ccncc1)Cc1cccnc1. The molecule has 3 aromatic heterocycles. The van der Waals surface area contributed by atoms with Crippen LogP contribution < -0.4 is 4.74 Å². The third kappa shape index (κ3) is 5.27. The highest BCUT2D eigenvalue weighted by molar-refractivity contribution is 7.07. The molecule has 0 unspecified atom stereocenters. The molecule has 30 heavy (non-hydrogen) atoms. The Bertz CT molecular complexity index is 1030. The second-order valence-corrected chi connectivity index (χ2v) is 7.39. The summed E-state index contributed by atoms with van der Waals surface area (Å²) in [5, 5.41) is 1.94. The molecule has 1 amide bonds. The van der Waals surface area contributed by atoms with Gasteiger partial charge in [0.15, 0.2) is 0 Å². The summed E-state index contributed by atoms with van der Waals surface area (Å²) in [7, 11) is 0. The second-order valence-electron chi connectivity index (χ2n) is 6.67. The zero-order valence-electron chi connectivity index (χ0n) is 16.2. The number of ether oxygens (including phenoxy) is 1. The molecule has 0 spiro atoms. The van der Waals surface area contributed by atoms with Crippen LogP contribution in [0.1, 0.15) is 27.2 Å². The molecule has 0 N–H and O–H groups in total. The van der Waals surface area contributed by atoms with Gasteiger partial charge in [-0.15, -0.1) is 11.3 Å². The van der Waals surface area contributed by atoms with Crippen LogP contribution in [0, 0.1) is 0 Å². The standard InChI is InChI=1S/C23H20N4O2S/c28-23(20-4-1-5-22(11-20)29-15-21-16-30-17-26-21)27(13-18-6-9-24-10-7-18)14-19-3-2-8-25-12-19/h1-12,16-17H,13-15H2. The Labute approximate surface area is 178 Å². The van der Waals surface area contributed by atoms with Gasteiger partial charge in [-0.2, -0.15) is 0 Å². The Morgan fingerprint density at radius 2 is 1.83 bits per heavy atom. The van der Waals surface area contributed by atoms with Gasteiger partial charge in [0, 0.05) is 48.8 Å². The molecule has 3 heterocycles. The highest BCUT2D eigenvalue weighted by atomic mass is 32.1. The summed E-state index contributed by atoms with van der Waals surface area (Å²) < 4.78 is 5.81. The van der Waals surface area contributed by atoms with Crippen LogP contribution in [0.15, 0.2) is 84.2 Å². The highest BCUT2D eigenvalue weighted by Crippen LogP contribution is 2.19. The number of hydrogen-bond donors (Lipinski definition) is 0. The number of aromatic nitrogens is 3. The minimum absolute atomic E-state index is 0.0743. The Hall–Kier alpha value is -3.58. The normalized spacial score (nSPS) is 10.5. The number of rotatable bonds is 8. The zero-order chi connectivity index (χ0) is 20.6. The van der Waals surface area contributed by atoms with Crippen molar-refractivity contribution in [1.29, 1.82) is 0 Å². The predicted octanol–water partition coefficient (Wildman–Crippen LogP) is 4.35. The first-order valence-electron chi connectivity index (χ1n) is 9.45. The van der Waals surface area contributed by atoms with E-state index < -0.39 is 0 Å². The Morgan fingerprint density at radius 3 is 2.60 bits per heavy atom. The summed E-state index contributed by atoms with van der Waals surface area (Å²) in [5.74, 6) is 0.564. The maximum absolute atomic E-state index is 13.4. The molecule has 0 fully saturated rings. The summed E-state index contributed by atoms with van der Waals surface area (Å²) in [6, 6.07) is 14.9. The quantitative estimate of drug-likeness (QED) is 0.427. The smallest absolute Gasteiger partial charge is 0.254 e. The van der Waals surface area contributed by atoms with E-state index in [0.29, 0.717) is 31.0 Å². The van der Waals surface area contributed by atoms with Crippen LogP contribution in [-0.2, 0) is 19.7 Å². The van der Waals surface area contributed by atoms with Gasteiger partial charge in [-0.3, -0.25) is 14.8 Å². The lowest BCUT2D eigenvalue weighted by Gasteiger charge is -2.23. The van der Waals surface area contributed by atoms with Gasteiger partial charge in [0.05, 0.1) is 11.2 Å².